The molecule has 0 heterocycles. The maximum atomic E-state index is 11.7. The molecule has 1 saturated carbocycles. The zero-order valence-corrected chi connectivity index (χ0v) is 9.14. The van der Waals surface area contributed by atoms with Crippen molar-refractivity contribution in [2.24, 2.45) is 0 Å². The summed E-state index contributed by atoms with van der Waals surface area (Å²) in [5, 5.41) is 12.8. The van der Waals surface area contributed by atoms with Gasteiger partial charge in [0.1, 0.15) is 5.75 Å². The van der Waals surface area contributed by atoms with Gasteiger partial charge in [0.2, 0.25) is 0 Å². The number of aromatic hydroxyl groups is 1. The van der Waals surface area contributed by atoms with Crippen LogP contribution in [0.25, 0.3) is 0 Å². The number of carbonyl (C=O) groups is 1. The van der Waals surface area contributed by atoms with Gasteiger partial charge >= 0.3 is 0 Å². The summed E-state index contributed by atoms with van der Waals surface area (Å²) in [5.74, 6) is -0.309. The number of carbonyl (C=O) groups excluding carboxylic acids is 1. The summed E-state index contributed by atoms with van der Waals surface area (Å²) in [6, 6.07) is 4.44. The highest BCUT2D eigenvalue weighted by atomic mass is 35.5. The molecule has 1 amide bonds. The Morgan fingerprint density at radius 3 is 2.80 bits per heavy atom. The van der Waals surface area contributed by atoms with E-state index in [0.717, 1.165) is 12.8 Å². The van der Waals surface area contributed by atoms with E-state index in [1.807, 2.05) is 6.92 Å². The first-order valence-corrected chi connectivity index (χ1v) is 5.19. The average Bonchev–Trinajstić information content (AvgIpc) is 2.87. The molecule has 80 valence electrons. The minimum atomic E-state index is -0.269. The first-order chi connectivity index (χ1) is 7.00. The van der Waals surface area contributed by atoms with Crippen molar-refractivity contribution in [1.82, 2.24) is 5.32 Å². The Balaban J connectivity index is 2.21. The number of nitrogens with one attached hydrogen (secondary N) is 1. The lowest BCUT2D eigenvalue weighted by Crippen LogP contribution is -2.34. The third-order valence-corrected chi connectivity index (χ3v) is 2.85. The molecule has 2 rings (SSSR count). The van der Waals surface area contributed by atoms with Gasteiger partial charge < -0.3 is 10.4 Å². The van der Waals surface area contributed by atoms with Crippen LogP contribution < -0.4 is 5.32 Å². The highest BCUT2D eigenvalue weighted by molar-refractivity contribution is 6.31. The highest BCUT2D eigenvalue weighted by Crippen LogP contribution is 2.35. The molecule has 0 atom stereocenters. The van der Waals surface area contributed by atoms with E-state index >= 15 is 0 Å². The summed E-state index contributed by atoms with van der Waals surface area (Å²) in [4.78, 5) is 11.7. The van der Waals surface area contributed by atoms with Crippen LogP contribution in [0.4, 0.5) is 0 Å². The Bertz CT molecular complexity index is 413. The minimum Gasteiger partial charge on any atom is -0.507 e. The molecule has 0 saturated heterocycles. The van der Waals surface area contributed by atoms with Crippen molar-refractivity contribution in [3.8, 4) is 5.75 Å². The second kappa shape index (κ2) is 3.42. The van der Waals surface area contributed by atoms with Crippen LogP contribution in [0.3, 0.4) is 0 Å². The lowest BCUT2D eigenvalue weighted by Gasteiger charge is -2.12. The van der Waals surface area contributed by atoms with Crippen LogP contribution in [0.2, 0.25) is 5.02 Å². The fraction of sp³-hybridized carbons (Fsp3) is 0.364. The molecule has 0 unspecified atom stereocenters. The van der Waals surface area contributed by atoms with Gasteiger partial charge in [-0.1, -0.05) is 11.6 Å². The molecule has 0 bridgehead atoms. The van der Waals surface area contributed by atoms with Gasteiger partial charge in [-0.05, 0) is 38.0 Å². The Labute approximate surface area is 93.1 Å². The van der Waals surface area contributed by atoms with Gasteiger partial charge in [0.05, 0.1) is 5.56 Å². The van der Waals surface area contributed by atoms with Gasteiger partial charge in [-0.15, -0.1) is 0 Å². The molecule has 0 radical (unpaired) electrons. The summed E-state index contributed by atoms with van der Waals surface area (Å²) >= 11 is 5.76. The lowest BCUT2D eigenvalue weighted by atomic mass is 10.1. The van der Waals surface area contributed by atoms with Crippen LogP contribution in [0, 0.1) is 0 Å². The summed E-state index contributed by atoms with van der Waals surface area (Å²) in [6.07, 6.45) is 1.97. The Morgan fingerprint density at radius 2 is 2.20 bits per heavy atom. The van der Waals surface area contributed by atoms with Crippen LogP contribution in [-0.4, -0.2) is 16.6 Å². The van der Waals surface area contributed by atoms with E-state index in [0.29, 0.717) is 5.02 Å². The maximum absolute atomic E-state index is 11.7. The fourth-order valence-corrected chi connectivity index (χ4v) is 1.52. The van der Waals surface area contributed by atoms with Crippen molar-refractivity contribution in [2.45, 2.75) is 25.3 Å². The molecule has 0 spiro atoms. The third-order valence-electron chi connectivity index (χ3n) is 2.62. The van der Waals surface area contributed by atoms with Crippen molar-refractivity contribution in [3.05, 3.63) is 28.8 Å². The predicted octanol–water partition coefficient (Wildman–Crippen LogP) is 2.33. The average molecular weight is 226 g/mol. The van der Waals surface area contributed by atoms with Crippen LogP contribution in [-0.2, 0) is 0 Å². The molecular weight excluding hydrogens is 214 g/mol. The van der Waals surface area contributed by atoms with E-state index in [2.05, 4.69) is 5.32 Å². The molecule has 4 heteroatoms. The van der Waals surface area contributed by atoms with Gasteiger partial charge in [-0.25, -0.2) is 0 Å². The SMILES string of the molecule is CC1(NC(=O)c2cc(Cl)ccc2O)CC1. The monoisotopic (exact) mass is 225 g/mol. The predicted molar refractivity (Wildman–Crippen MR) is 58.2 cm³/mol. The molecular formula is C11H12ClNO2. The molecule has 0 aliphatic heterocycles. The van der Waals surface area contributed by atoms with E-state index in [1.165, 1.54) is 12.1 Å². The number of benzene rings is 1. The van der Waals surface area contributed by atoms with Crippen molar-refractivity contribution in [1.29, 1.82) is 0 Å². The Hall–Kier alpha value is -1.22. The molecule has 1 aromatic rings. The summed E-state index contributed by atoms with van der Waals surface area (Å²) in [5.41, 5.74) is 0.141. The number of hydrogen-bond donors (Lipinski definition) is 2. The quantitative estimate of drug-likeness (QED) is 0.812. The van der Waals surface area contributed by atoms with Crippen LogP contribution >= 0.6 is 11.6 Å². The molecule has 15 heavy (non-hydrogen) atoms. The molecule has 1 aliphatic rings. The van der Waals surface area contributed by atoms with E-state index in [-0.39, 0.29) is 22.8 Å². The summed E-state index contributed by atoms with van der Waals surface area (Å²) < 4.78 is 0. The number of halogens is 1. The third kappa shape index (κ3) is 2.23. The van der Waals surface area contributed by atoms with Crippen molar-refractivity contribution in [2.75, 3.05) is 0 Å². The second-order valence-electron chi connectivity index (χ2n) is 4.18. The van der Waals surface area contributed by atoms with Gasteiger partial charge in [0.15, 0.2) is 0 Å². The normalized spacial score (nSPS) is 17.2. The first-order valence-electron chi connectivity index (χ1n) is 4.81. The van der Waals surface area contributed by atoms with E-state index in [1.54, 1.807) is 6.07 Å². The molecule has 3 nitrogen and oxygen atoms in total. The van der Waals surface area contributed by atoms with E-state index in [4.69, 9.17) is 11.6 Å². The first kappa shape index (κ1) is 10.3. The number of phenolic OH excluding ortho intramolecular Hbond substituents is 1. The van der Waals surface area contributed by atoms with Crippen LogP contribution in [0.15, 0.2) is 18.2 Å². The van der Waals surface area contributed by atoms with Crippen LogP contribution in [0.1, 0.15) is 30.1 Å². The molecule has 2 N–H and O–H groups in total. The minimum absolute atomic E-state index is 0.0406. The lowest BCUT2D eigenvalue weighted by molar-refractivity contribution is 0.0933. The summed E-state index contributed by atoms with van der Waals surface area (Å²) in [7, 11) is 0. The molecule has 1 aromatic carbocycles. The Kier molecular flexibility index (Phi) is 2.35. The number of phenols is 1. The number of rotatable bonds is 2. The van der Waals surface area contributed by atoms with Crippen molar-refractivity contribution < 1.29 is 9.90 Å². The van der Waals surface area contributed by atoms with Crippen LogP contribution in [0.5, 0.6) is 5.75 Å². The van der Waals surface area contributed by atoms with Crippen molar-refractivity contribution >= 4 is 17.5 Å². The largest absolute Gasteiger partial charge is 0.507 e. The van der Waals surface area contributed by atoms with Gasteiger partial charge in [0.25, 0.3) is 5.91 Å². The number of hydrogen-bond acceptors (Lipinski definition) is 2. The zero-order valence-electron chi connectivity index (χ0n) is 8.38. The highest BCUT2D eigenvalue weighted by Gasteiger charge is 2.39. The van der Waals surface area contributed by atoms with E-state index < -0.39 is 0 Å². The van der Waals surface area contributed by atoms with Gasteiger partial charge in [-0.3, -0.25) is 4.79 Å². The number of amides is 1. The van der Waals surface area contributed by atoms with Gasteiger partial charge in [0, 0.05) is 10.6 Å². The Morgan fingerprint density at radius 1 is 1.53 bits per heavy atom. The summed E-state index contributed by atoms with van der Waals surface area (Å²) in [6.45, 7) is 1.98. The van der Waals surface area contributed by atoms with Crippen molar-refractivity contribution in [3.63, 3.8) is 0 Å². The second-order valence-corrected chi connectivity index (χ2v) is 4.61. The topological polar surface area (TPSA) is 49.3 Å². The molecule has 1 fully saturated rings. The van der Waals surface area contributed by atoms with E-state index in [9.17, 15) is 9.90 Å². The maximum Gasteiger partial charge on any atom is 0.255 e. The molecule has 0 aromatic heterocycles. The fourth-order valence-electron chi connectivity index (χ4n) is 1.34. The smallest absolute Gasteiger partial charge is 0.255 e. The molecule has 1 aliphatic carbocycles. The zero-order chi connectivity index (χ0) is 11.1. The standard InChI is InChI=1S/C11H12ClNO2/c1-11(4-5-11)13-10(15)8-6-7(12)2-3-9(8)14/h2-3,6,14H,4-5H2,1H3,(H,13,15). The van der Waals surface area contributed by atoms with Gasteiger partial charge in [-0.2, -0.15) is 0 Å².